The molecule has 0 saturated carbocycles. The van der Waals surface area contributed by atoms with Crippen molar-refractivity contribution in [3.05, 3.63) is 22.9 Å². The zero-order valence-corrected chi connectivity index (χ0v) is 13.5. The molecule has 0 bridgehead atoms. The van der Waals surface area contributed by atoms with Crippen LogP contribution in [-0.4, -0.2) is 40.5 Å². The van der Waals surface area contributed by atoms with E-state index < -0.39 is 0 Å². The predicted molar refractivity (Wildman–Crippen MR) is 90.9 cm³/mol. The van der Waals surface area contributed by atoms with E-state index in [4.69, 9.17) is 22.9 Å². The number of hydrogen-bond acceptors (Lipinski definition) is 4. The average molecular weight is 304 g/mol. The molecule has 0 radical (unpaired) electrons. The van der Waals surface area contributed by atoms with Crippen molar-refractivity contribution in [2.24, 2.45) is 5.73 Å². The highest BCUT2D eigenvalue weighted by molar-refractivity contribution is 7.80. The lowest BCUT2D eigenvalue weighted by atomic mass is 10.1. The largest absolute Gasteiger partial charge is 0.389 e. The predicted octanol–water partition coefficient (Wildman–Crippen LogP) is 2.10. The second-order valence-electron chi connectivity index (χ2n) is 6.26. The molecule has 3 N–H and O–H groups in total. The molecule has 0 amide bonds. The molecule has 1 fully saturated rings. The van der Waals surface area contributed by atoms with Gasteiger partial charge in [0.2, 0.25) is 0 Å². The van der Waals surface area contributed by atoms with Crippen molar-refractivity contribution < 1.29 is 0 Å². The SMILES string of the molecule is CC(CN1CCCC1)Nc1nc2c(cc1C(N)=S)CCC2. The Bertz CT molecular complexity index is 537. The fourth-order valence-corrected chi connectivity index (χ4v) is 3.56. The number of nitrogens with two attached hydrogens (primary N) is 1. The third-order valence-corrected chi connectivity index (χ3v) is 4.65. The van der Waals surface area contributed by atoms with Gasteiger partial charge in [0.1, 0.15) is 10.8 Å². The molecule has 1 saturated heterocycles. The number of thiocarbonyl (C=S) groups is 1. The summed E-state index contributed by atoms with van der Waals surface area (Å²) in [5.74, 6) is 0.870. The van der Waals surface area contributed by atoms with Gasteiger partial charge in [0.05, 0.1) is 5.56 Å². The summed E-state index contributed by atoms with van der Waals surface area (Å²) < 4.78 is 0. The summed E-state index contributed by atoms with van der Waals surface area (Å²) in [5, 5.41) is 3.53. The van der Waals surface area contributed by atoms with Crippen LogP contribution in [0.2, 0.25) is 0 Å². The standard InChI is InChI=1S/C16H24N4S/c1-11(10-20-7-2-3-8-20)18-16-13(15(17)21)9-12-5-4-6-14(12)19-16/h9,11H,2-8,10H2,1H3,(H2,17,21)(H,18,19). The molecule has 21 heavy (non-hydrogen) atoms. The van der Waals surface area contributed by atoms with E-state index in [1.807, 2.05) is 0 Å². The fraction of sp³-hybridized carbons (Fsp3) is 0.625. The summed E-state index contributed by atoms with van der Waals surface area (Å²) in [5.41, 5.74) is 9.32. The Hall–Kier alpha value is -1.20. The molecule has 2 heterocycles. The minimum Gasteiger partial charge on any atom is -0.389 e. The van der Waals surface area contributed by atoms with Crippen LogP contribution in [-0.2, 0) is 12.8 Å². The van der Waals surface area contributed by atoms with E-state index in [-0.39, 0.29) is 0 Å². The van der Waals surface area contributed by atoms with Crippen LogP contribution in [0, 0.1) is 0 Å². The number of nitrogens with one attached hydrogen (secondary N) is 1. The Morgan fingerprint density at radius 2 is 2.14 bits per heavy atom. The first kappa shape index (κ1) is 14.7. The molecule has 0 spiro atoms. The Labute approximate surface area is 132 Å². The highest BCUT2D eigenvalue weighted by Gasteiger charge is 2.20. The first-order valence-electron chi connectivity index (χ1n) is 7.95. The van der Waals surface area contributed by atoms with Crippen LogP contribution in [0.3, 0.4) is 0 Å². The topological polar surface area (TPSA) is 54.2 Å². The van der Waals surface area contributed by atoms with Crippen molar-refractivity contribution in [3.63, 3.8) is 0 Å². The summed E-state index contributed by atoms with van der Waals surface area (Å²) in [7, 11) is 0. The van der Waals surface area contributed by atoms with Gasteiger partial charge in [-0.25, -0.2) is 4.98 Å². The van der Waals surface area contributed by atoms with Gasteiger partial charge < -0.3 is 16.0 Å². The number of aromatic nitrogens is 1. The van der Waals surface area contributed by atoms with E-state index in [0.717, 1.165) is 30.8 Å². The molecule has 114 valence electrons. The summed E-state index contributed by atoms with van der Waals surface area (Å²) in [6, 6.07) is 2.49. The van der Waals surface area contributed by atoms with E-state index in [1.165, 1.54) is 43.6 Å². The highest BCUT2D eigenvalue weighted by Crippen LogP contribution is 2.26. The molecule has 5 heteroatoms. The number of pyridine rings is 1. The van der Waals surface area contributed by atoms with Crippen LogP contribution in [0.25, 0.3) is 0 Å². The number of aryl methyl sites for hydroxylation is 2. The molecule has 1 aromatic heterocycles. The normalized spacial score (nSPS) is 19.5. The van der Waals surface area contributed by atoms with Crippen molar-refractivity contribution in [1.82, 2.24) is 9.88 Å². The van der Waals surface area contributed by atoms with Crippen LogP contribution >= 0.6 is 12.2 Å². The van der Waals surface area contributed by atoms with E-state index in [0.29, 0.717) is 11.0 Å². The van der Waals surface area contributed by atoms with Crippen molar-refractivity contribution >= 4 is 23.0 Å². The maximum Gasteiger partial charge on any atom is 0.136 e. The van der Waals surface area contributed by atoms with Gasteiger partial charge in [-0.1, -0.05) is 12.2 Å². The molecule has 1 unspecified atom stereocenters. The molecule has 1 aliphatic carbocycles. The van der Waals surface area contributed by atoms with E-state index in [1.54, 1.807) is 0 Å². The van der Waals surface area contributed by atoms with Gasteiger partial charge in [-0.3, -0.25) is 0 Å². The second kappa shape index (κ2) is 6.28. The van der Waals surface area contributed by atoms with Gasteiger partial charge in [0.15, 0.2) is 0 Å². The summed E-state index contributed by atoms with van der Waals surface area (Å²) in [6.45, 7) is 5.68. The monoisotopic (exact) mass is 304 g/mol. The molecule has 4 nitrogen and oxygen atoms in total. The van der Waals surface area contributed by atoms with Crippen LogP contribution < -0.4 is 11.1 Å². The van der Waals surface area contributed by atoms with Crippen LogP contribution in [0.15, 0.2) is 6.07 Å². The quantitative estimate of drug-likeness (QED) is 0.816. The van der Waals surface area contributed by atoms with Gasteiger partial charge in [-0.2, -0.15) is 0 Å². The molecule has 3 rings (SSSR count). The van der Waals surface area contributed by atoms with Gasteiger partial charge in [0.25, 0.3) is 0 Å². The Balaban J connectivity index is 1.75. The van der Waals surface area contributed by atoms with Crippen LogP contribution in [0.5, 0.6) is 0 Å². The summed E-state index contributed by atoms with van der Waals surface area (Å²) >= 11 is 5.20. The summed E-state index contributed by atoms with van der Waals surface area (Å²) in [4.78, 5) is 7.74. The van der Waals surface area contributed by atoms with Gasteiger partial charge in [0, 0.05) is 18.3 Å². The third kappa shape index (κ3) is 3.35. The molecular formula is C16H24N4S. The number of hydrogen-bond donors (Lipinski definition) is 2. The number of rotatable bonds is 5. The van der Waals surface area contributed by atoms with Crippen LogP contribution in [0.1, 0.15) is 43.0 Å². The van der Waals surface area contributed by atoms with Crippen molar-refractivity contribution in [2.75, 3.05) is 25.0 Å². The highest BCUT2D eigenvalue weighted by atomic mass is 32.1. The molecular weight excluding hydrogens is 280 g/mol. The zero-order chi connectivity index (χ0) is 14.8. The third-order valence-electron chi connectivity index (χ3n) is 4.43. The minimum absolute atomic E-state index is 0.350. The average Bonchev–Trinajstić information content (AvgIpc) is 3.07. The zero-order valence-electron chi connectivity index (χ0n) is 12.7. The maximum absolute atomic E-state index is 5.89. The Morgan fingerprint density at radius 1 is 1.38 bits per heavy atom. The number of anilines is 1. The van der Waals surface area contributed by atoms with Gasteiger partial charge >= 0.3 is 0 Å². The van der Waals surface area contributed by atoms with E-state index >= 15 is 0 Å². The molecule has 1 aliphatic heterocycles. The molecule has 0 aromatic carbocycles. The lowest BCUT2D eigenvalue weighted by molar-refractivity contribution is 0.327. The van der Waals surface area contributed by atoms with Crippen LogP contribution in [0.4, 0.5) is 5.82 Å². The fourth-order valence-electron chi connectivity index (χ4n) is 3.40. The lowest BCUT2D eigenvalue weighted by Gasteiger charge is -2.23. The molecule has 2 aliphatic rings. The number of likely N-dealkylation sites (tertiary alicyclic amines) is 1. The first-order valence-corrected chi connectivity index (χ1v) is 8.36. The number of nitrogens with zero attached hydrogens (tertiary/aromatic N) is 2. The van der Waals surface area contributed by atoms with Gasteiger partial charge in [-0.05, 0) is 63.7 Å². The van der Waals surface area contributed by atoms with E-state index in [9.17, 15) is 0 Å². The van der Waals surface area contributed by atoms with Crippen molar-refractivity contribution in [2.45, 2.75) is 45.1 Å². The smallest absolute Gasteiger partial charge is 0.136 e. The van der Waals surface area contributed by atoms with Gasteiger partial charge in [-0.15, -0.1) is 0 Å². The second-order valence-corrected chi connectivity index (χ2v) is 6.70. The first-order chi connectivity index (χ1) is 10.1. The lowest BCUT2D eigenvalue weighted by Crippen LogP contribution is -2.34. The summed E-state index contributed by atoms with van der Waals surface area (Å²) in [6.07, 6.45) is 6.00. The number of fused-ring (bicyclic) bond motifs is 1. The van der Waals surface area contributed by atoms with Crippen molar-refractivity contribution in [1.29, 1.82) is 0 Å². The minimum atomic E-state index is 0.350. The van der Waals surface area contributed by atoms with E-state index in [2.05, 4.69) is 23.2 Å². The molecule has 1 atom stereocenters. The van der Waals surface area contributed by atoms with Crippen molar-refractivity contribution in [3.8, 4) is 0 Å². The Morgan fingerprint density at radius 3 is 2.86 bits per heavy atom. The Kier molecular flexibility index (Phi) is 4.40. The molecule has 1 aromatic rings. The maximum atomic E-state index is 5.89.